The van der Waals surface area contributed by atoms with Crippen molar-refractivity contribution in [2.45, 2.75) is 51.2 Å². The maximum absolute atomic E-state index is 13.4. The summed E-state index contributed by atoms with van der Waals surface area (Å²) in [5, 5.41) is 4.63. The molecule has 1 saturated heterocycles. The summed E-state index contributed by atoms with van der Waals surface area (Å²) in [6, 6.07) is 5.25. The van der Waals surface area contributed by atoms with Crippen molar-refractivity contribution in [3.63, 3.8) is 0 Å². The van der Waals surface area contributed by atoms with Gasteiger partial charge >= 0.3 is 6.09 Å². The zero-order valence-corrected chi connectivity index (χ0v) is 15.9. The number of nitrogens with zero attached hydrogens (tertiary/aromatic N) is 1. The largest absolute Gasteiger partial charge is 0.444 e. The number of amides is 1. The van der Waals surface area contributed by atoms with Crippen molar-refractivity contribution in [1.29, 1.82) is 0 Å². The molecule has 3 rings (SSSR count). The third-order valence-electron chi connectivity index (χ3n) is 4.86. The van der Waals surface area contributed by atoms with Gasteiger partial charge in [-0.3, -0.25) is 0 Å². The van der Waals surface area contributed by atoms with Gasteiger partial charge in [-0.25, -0.2) is 9.18 Å². The third kappa shape index (κ3) is 4.36. The zero-order chi connectivity index (χ0) is 18.9. The average Bonchev–Trinajstić information content (AvgIpc) is 3.16. The lowest BCUT2D eigenvalue weighted by atomic mass is 9.95. The summed E-state index contributed by atoms with van der Waals surface area (Å²) in [5.74, 6) is 0.171. The van der Waals surface area contributed by atoms with E-state index in [0.29, 0.717) is 18.5 Å². The van der Waals surface area contributed by atoms with Gasteiger partial charge in [0.25, 0.3) is 0 Å². The highest BCUT2D eigenvalue weighted by molar-refractivity contribution is 5.83. The first-order chi connectivity index (χ1) is 12.2. The molecule has 2 aromatic rings. The molecule has 1 aromatic heterocycles. The van der Waals surface area contributed by atoms with Crippen molar-refractivity contribution in [3.8, 4) is 0 Å². The van der Waals surface area contributed by atoms with E-state index in [1.165, 1.54) is 17.7 Å². The topological polar surface area (TPSA) is 57.4 Å². The highest BCUT2D eigenvalue weighted by Crippen LogP contribution is 2.32. The molecule has 2 heterocycles. The van der Waals surface area contributed by atoms with Crippen LogP contribution in [0.1, 0.15) is 45.1 Å². The lowest BCUT2D eigenvalue weighted by Gasteiger charge is -2.25. The molecule has 1 aliphatic heterocycles. The van der Waals surface area contributed by atoms with Crippen molar-refractivity contribution in [2.24, 2.45) is 0 Å². The summed E-state index contributed by atoms with van der Waals surface area (Å²) in [6.45, 7) is 7.16. The molecular weight excluding hydrogens is 333 g/mol. The minimum absolute atomic E-state index is 0.224. The Morgan fingerprint density at radius 1 is 1.38 bits per heavy atom. The van der Waals surface area contributed by atoms with Crippen LogP contribution in [0.5, 0.6) is 0 Å². The highest BCUT2D eigenvalue weighted by atomic mass is 19.1. The van der Waals surface area contributed by atoms with Crippen molar-refractivity contribution in [2.75, 3.05) is 20.1 Å². The van der Waals surface area contributed by atoms with E-state index in [-0.39, 0.29) is 11.9 Å². The van der Waals surface area contributed by atoms with Crippen LogP contribution >= 0.6 is 0 Å². The van der Waals surface area contributed by atoms with Crippen LogP contribution in [0.15, 0.2) is 24.4 Å². The van der Waals surface area contributed by atoms with Gasteiger partial charge in [0.15, 0.2) is 0 Å². The number of fused-ring (bicyclic) bond motifs is 1. The average molecular weight is 361 g/mol. The van der Waals surface area contributed by atoms with E-state index in [9.17, 15) is 9.18 Å². The summed E-state index contributed by atoms with van der Waals surface area (Å²) in [6.07, 6.45) is 3.59. The van der Waals surface area contributed by atoms with E-state index >= 15 is 0 Å². The number of rotatable bonds is 4. The van der Waals surface area contributed by atoms with Gasteiger partial charge in [0.1, 0.15) is 11.4 Å². The molecule has 0 bridgehead atoms. The van der Waals surface area contributed by atoms with Crippen molar-refractivity contribution in [1.82, 2.24) is 15.2 Å². The van der Waals surface area contributed by atoms with Gasteiger partial charge in [0, 0.05) is 43.3 Å². The molecule has 142 valence electrons. The molecule has 6 heteroatoms. The maximum atomic E-state index is 13.4. The number of nitrogens with one attached hydrogen (secondary N) is 2. The second-order valence-corrected chi connectivity index (χ2v) is 8.16. The number of carbonyl (C=O) groups excluding carboxylic acids is 1. The number of carbonyl (C=O) groups is 1. The summed E-state index contributed by atoms with van der Waals surface area (Å²) >= 11 is 0. The first kappa shape index (κ1) is 18.7. The van der Waals surface area contributed by atoms with Crippen LogP contribution in [0.3, 0.4) is 0 Å². The van der Waals surface area contributed by atoms with Crippen molar-refractivity contribution in [3.05, 3.63) is 35.8 Å². The molecule has 0 aliphatic carbocycles. The van der Waals surface area contributed by atoms with Gasteiger partial charge < -0.3 is 19.9 Å². The Balaban J connectivity index is 1.54. The molecule has 2 unspecified atom stereocenters. The normalized spacial score (nSPS) is 20.5. The van der Waals surface area contributed by atoms with Gasteiger partial charge in [0.05, 0.1) is 0 Å². The first-order valence-electron chi connectivity index (χ1n) is 9.17. The minimum Gasteiger partial charge on any atom is -0.444 e. The quantitative estimate of drug-likeness (QED) is 0.865. The number of hydrogen-bond donors (Lipinski definition) is 2. The Morgan fingerprint density at radius 2 is 2.15 bits per heavy atom. The van der Waals surface area contributed by atoms with Crippen LogP contribution in [0, 0.1) is 5.82 Å². The fourth-order valence-electron chi connectivity index (χ4n) is 3.52. The molecule has 0 saturated carbocycles. The standard InChI is InChI=1S/C20H28FN3O2/c1-20(2,3)26-19(25)24(4)8-7-15-9-13(11-22-15)17-12-23-18-10-14(21)5-6-16(17)18/h5-6,10,12-13,15,22-23H,7-9,11H2,1-4H3. The number of halogens is 1. The van der Waals surface area contributed by atoms with Crippen molar-refractivity contribution >= 4 is 17.0 Å². The summed E-state index contributed by atoms with van der Waals surface area (Å²) < 4.78 is 18.7. The molecule has 2 atom stereocenters. The van der Waals surface area contributed by atoms with Crippen LogP contribution in [0.25, 0.3) is 10.9 Å². The van der Waals surface area contributed by atoms with Crippen LogP contribution in [-0.2, 0) is 4.74 Å². The SMILES string of the molecule is CN(CCC1CC(c2c[nH]c3cc(F)ccc23)CN1)C(=O)OC(C)(C)C. The van der Waals surface area contributed by atoms with E-state index in [4.69, 9.17) is 4.74 Å². The van der Waals surface area contributed by atoms with Gasteiger partial charge in [-0.1, -0.05) is 0 Å². The molecule has 0 radical (unpaired) electrons. The van der Waals surface area contributed by atoms with E-state index in [1.807, 2.05) is 33.0 Å². The lowest BCUT2D eigenvalue weighted by molar-refractivity contribution is 0.0294. The molecule has 1 aromatic carbocycles. The Labute approximate surface area is 153 Å². The number of H-pyrrole nitrogens is 1. The molecular formula is C20H28FN3O2. The van der Waals surface area contributed by atoms with Gasteiger partial charge in [0.2, 0.25) is 0 Å². The van der Waals surface area contributed by atoms with Crippen molar-refractivity contribution < 1.29 is 13.9 Å². The van der Waals surface area contributed by atoms with E-state index in [1.54, 1.807) is 11.9 Å². The molecule has 26 heavy (non-hydrogen) atoms. The number of aromatic nitrogens is 1. The van der Waals surface area contributed by atoms with Gasteiger partial charge in [-0.15, -0.1) is 0 Å². The lowest BCUT2D eigenvalue weighted by Crippen LogP contribution is -2.36. The molecule has 1 amide bonds. The number of aromatic amines is 1. The van der Waals surface area contributed by atoms with Crippen LogP contribution in [-0.4, -0.2) is 47.8 Å². The Bertz CT molecular complexity index is 781. The second kappa shape index (κ2) is 7.27. The molecule has 0 spiro atoms. The maximum Gasteiger partial charge on any atom is 0.410 e. The van der Waals surface area contributed by atoms with E-state index in [0.717, 1.165) is 30.3 Å². The monoisotopic (exact) mass is 361 g/mol. The highest BCUT2D eigenvalue weighted by Gasteiger charge is 2.28. The predicted octanol–water partition coefficient (Wildman–Crippen LogP) is 4.01. The predicted molar refractivity (Wildman–Crippen MR) is 101 cm³/mol. The number of benzene rings is 1. The smallest absolute Gasteiger partial charge is 0.410 e. The van der Waals surface area contributed by atoms with E-state index < -0.39 is 5.60 Å². The Kier molecular flexibility index (Phi) is 5.23. The molecule has 1 fully saturated rings. The molecule has 2 N–H and O–H groups in total. The summed E-state index contributed by atoms with van der Waals surface area (Å²) in [5.41, 5.74) is 1.60. The van der Waals surface area contributed by atoms with Crippen LogP contribution in [0.4, 0.5) is 9.18 Å². The van der Waals surface area contributed by atoms with Gasteiger partial charge in [-0.2, -0.15) is 0 Å². The second-order valence-electron chi connectivity index (χ2n) is 8.16. The zero-order valence-electron chi connectivity index (χ0n) is 15.9. The van der Waals surface area contributed by atoms with Gasteiger partial charge in [-0.05, 0) is 63.3 Å². The van der Waals surface area contributed by atoms with Crippen LogP contribution in [0.2, 0.25) is 0 Å². The van der Waals surface area contributed by atoms with E-state index in [2.05, 4.69) is 10.3 Å². The molecule has 1 aliphatic rings. The Hall–Kier alpha value is -2.08. The first-order valence-corrected chi connectivity index (χ1v) is 9.17. The Morgan fingerprint density at radius 3 is 2.88 bits per heavy atom. The summed E-state index contributed by atoms with van der Waals surface area (Å²) in [7, 11) is 1.77. The number of ether oxygens (including phenoxy) is 1. The third-order valence-corrected chi connectivity index (χ3v) is 4.86. The fraction of sp³-hybridized carbons (Fsp3) is 0.550. The minimum atomic E-state index is -0.475. The fourth-order valence-corrected chi connectivity index (χ4v) is 3.52. The number of hydrogen-bond acceptors (Lipinski definition) is 3. The molecule has 5 nitrogen and oxygen atoms in total. The summed E-state index contributed by atoms with van der Waals surface area (Å²) in [4.78, 5) is 16.8. The van der Waals surface area contributed by atoms with Crippen LogP contribution < -0.4 is 5.32 Å².